The van der Waals surface area contributed by atoms with Crippen LogP contribution in [0.1, 0.15) is 21.6 Å². The fourth-order valence-corrected chi connectivity index (χ4v) is 4.40. The predicted molar refractivity (Wildman–Crippen MR) is 110 cm³/mol. The maximum atomic E-state index is 13.0. The van der Waals surface area contributed by atoms with Gasteiger partial charge in [0.1, 0.15) is 11.7 Å². The monoisotopic (exact) mass is 379 g/mol. The first-order chi connectivity index (χ1) is 13.0. The number of thioether (sulfide) groups is 1. The van der Waals surface area contributed by atoms with E-state index in [0.717, 1.165) is 22.2 Å². The van der Waals surface area contributed by atoms with Crippen molar-refractivity contribution in [3.05, 3.63) is 65.4 Å². The molecule has 0 bridgehead atoms. The Morgan fingerprint density at radius 2 is 1.93 bits per heavy atom. The first-order valence-electron chi connectivity index (χ1n) is 8.87. The maximum Gasteiger partial charge on any atom is 0.271 e. The van der Waals surface area contributed by atoms with E-state index in [0.29, 0.717) is 17.3 Å². The number of rotatable bonds is 3. The number of nitrogens with zero attached hydrogens (tertiary/aromatic N) is 1. The van der Waals surface area contributed by atoms with Gasteiger partial charge in [-0.2, -0.15) is 0 Å². The second-order valence-electron chi connectivity index (χ2n) is 6.85. The minimum absolute atomic E-state index is 0.142. The molecule has 2 amide bonds. The van der Waals surface area contributed by atoms with E-state index in [9.17, 15) is 9.59 Å². The lowest BCUT2D eigenvalue weighted by Crippen LogP contribution is -2.44. The number of aryl methyl sites for hydroxylation is 2. The molecule has 0 unspecified atom stereocenters. The van der Waals surface area contributed by atoms with E-state index in [-0.39, 0.29) is 11.8 Å². The summed E-state index contributed by atoms with van der Waals surface area (Å²) in [5.74, 6) is 0.825. The Morgan fingerprint density at radius 3 is 2.70 bits per heavy atom. The lowest BCUT2D eigenvalue weighted by Gasteiger charge is -2.22. The summed E-state index contributed by atoms with van der Waals surface area (Å²) in [6.07, 6.45) is 0. The highest BCUT2D eigenvalue weighted by molar-refractivity contribution is 7.99. The van der Waals surface area contributed by atoms with E-state index in [4.69, 9.17) is 0 Å². The van der Waals surface area contributed by atoms with Gasteiger partial charge in [0.2, 0.25) is 5.91 Å². The number of benzene rings is 2. The summed E-state index contributed by atoms with van der Waals surface area (Å²) < 4.78 is 0. The second kappa shape index (κ2) is 7.12. The zero-order valence-corrected chi connectivity index (χ0v) is 16.1. The van der Waals surface area contributed by atoms with Crippen molar-refractivity contribution in [2.24, 2.45) is 0 Å². The molecule has 1 fully saturated rings. The molecule has 6 heteroatoms. The third kappa shape index (κ3) is 3.45. The molecular weight excluding hydrogens is 358 g/mol. The molecule has 0 aliphatic carbocycles. The standard InChI is InChI=1S/C21H21N3O2S/c1-13-7-8-16(9-14(13)2)22-20(25)19-11-27-12-24(19)21(26)18-10-15-5-3-4-6-17(15)23-18/h3-10,19,23H,11-12H2,1-2H3,(H,22,25)/t19-/m1/s1. The van der Waals surface area contributed by atoms with Crippen LogP contribution in [0, 0.1) is 13.8 Å². The third-order valence-corrected chi connectivity index (χ3v) is 5.99. The zero-order chi connectivity index (χ0) is 19.0. The first kappa shape index (κ1) is 17.7. The smallest absolute Gasteiger partial charge is 0.271 e. The van der Waals surface area contributed by atoms with Crippen LogP contribution in [0.15, 0.2) is 48.5 Å². The number of amides is 2. The Balaban J connectivity index is 1.53. The Bertz CT molecular complexity index is 994. The number of fused-ring (bicyclic) bond motifs is 1. The van der Waals surface area contributed by atoms with Crippen LogP contribution < -0.4 is 5.32 Å². The van der Waals surface area contributed by atoms with E-state index in [2.05, 4.69) is 10.3 Å². The Labute approximate surface area is 162 Å². The van der Waals surface area contributed by atoms with E-state index in [1.54, 1.807) is 16.7 Å². The highest BCUT2D eigenvalue weighted by Crippen LogP contribution is 2.26. The van der Waals surface area contributed by atoms with Crippen LogP contribution in [0.2, 0.25) is 0 Å². The fourth-order valence-electron chi connectivity index (χ4n) is 3.25. The maximum absolute atomic E-state index is 13.0. The molecule has 0 saturated carbocycles. The number of aromatic nitrogens is 1. The number of aromatic amines is 1. The number of anilines is 1. The van der Waals surface area contributed by atoms with Crippen molar-refractivity contribution in [3.63, 3.8) is 0 Å². The van der Waals surface area contributed by atoms with E-state index >= 15 is 0 Å². The van der Waals surface area contributed by atoms with Gasteiger partial charge in [-0.15, -0.1) is 11.8 Å². The van der Waals surface area contributed by atoms with Crippen LogP contribution in [0.25, 0.3) is 10.9 Å². The van der Waals surface area contributed by atoms with Crippen LogP contribution in [0.5, 0.6) is 0 Å². The van der Waals surface area contributed by atoms with Crippen molar-refractivity contribution in [1.29, 1.82) is 0 Å². The first-order valence-corrected chi connectivity index (χ1v) is 10.0. The molecule has 0 spiro atoms. The van der Waals surface area contributed by atoms with Crippen molar-refractivity contribution in [2.75, 3.05) is 16.9 Å². The molecule has 27 heavy (non-hydrogen) atoms. The van der Waals surface area contributed by atoms with Crippen LogP contribution in [-0.2, 0) is 4.79 Å². The molecule has 1 aliphatic heterocycles. The van der Waals surface area contributed by atoms with Gasteiger partial charge in [0.05, 0.1) is 5.88 Å². The molecule has 138 valence electrons. The van der Waals surface area contributed by atoms with Crippen molar-refractivity contribution in [2.45, 2.75) is 19.9 Å². The highest BCUT2D eigenvalue weighted by Gasteiger charge is 2.35. The van der Waals surface area contributed by atoms with Crippen LogP contribution in [0.4, 0.5) is 5.69 Å². The largest absolute Gasteiger partial charge is 0.351 e. The van der Waals surface area contributed by atoms with Crippen molar-refractivity contribution in [3.8, 4) is 0 Å². The molecule has 4 rings (SSSR count). The molecule has 2 heterocycles. The number of H-pyrrole nitrogens is 1. The summed E-state index contributed by atoms with van der Waals surface area (Å²) in [6, 6.07) is 15.0. The Morgan fingerprint density at radius 1 is 1.11 bits per heavy atom. The lowest BCUT2D eigenvalue weighted by atomic mass is 10.1. The highest BCUT2D eigenvalue weighted by atomic mass is 32.2. The van der Waals surface area contributed by atoms with Gasteiger partial charge in [-0.25, -0.2) is 0 Å². The minimum atomic E-state index is -0.476. The zero-order valence-electron chi connectivity index (χ0n) is 15.3. The van der Waals surface area contributed by atoms with Crippen molar-refractivity contribution >= 4 is 40.2 Å². The summed E-state index contributed by atoms with van der Waals surface area (Å²) in [6.45, 7) is 4.05. The molecule has 2 N–H and O–H groups in total. The van der Waals surface area contributed by atoms with E-state index < -0.39 is 6.04 Å². The topological polar surface area (TPSA) is 65.2 Å². The molecule has 2 aromatic carbocycles. The SMILES string of the molecule is Cc1ccc(NC(=O)[C@H]2CSCN2C(=O)c2cc3ccccc3[nH]2)cc1C. The molecule has 3 aromatic rings. The number of para-hydroxylation sites is 1. The van der Waals surface area contributed by atoms with Crippen LogP contribution in [-0.4, -0.2) is 39.4 Å². The summed E-state index contributed by atoms with van der Waals surface area (Å²) in [5.41, 5.74) is 4.50. The molecule has 1 atom stereocenters. The molecule has 5 nitrogen and oxygen atoms in total. The van der Waals surface area contributed by atoms with Gasteiger partial charge in [0.25, 0.3) is 5.91 Å². The lowest BCUT2D eigenvalue weighted by molar-refractivity contribution is -0.119. The molecule has 1 saturated heterocycles. The van der Waals surface area contributed by atoms with Gasteiger partial charge < -0.3 is 15.2 Å². The van der Waals surface area contributed by atoms with Gasteiger partial charge in [-0.05, 0) is 49.2 Å². The fraction of sp³-hybridized carbons (Fsp3) is 0.238. The minimum Gasteiger partial charge on any atom is -0.351 e. The Kier molecular flexibility index (Phi) is 4.66. The number of hydrogen-bond acceptors (Lipinski definition) is 3. The van der Waals surface area contributed by atoms with Gasteiger partial charge in [-0.3, -0.25) is 9.59 Å². The predicted octanol–water partition coefficient (Wildman–Crippen LogP) is 3.94. The molecule has 0 radical (unpaired) electrons. The van der Waals surface area contributed by atoms with Gasteiger partial charge in [0, 0.05) is 22.3 Å². The van der Waals surface area contributed by atoms with Crippen LogP contribution in [0.3, 0.4) is 0 Å². The molecule has 1 aliphatic rings. The number of nitrogens with one attached hydrogen (secondary N) is 2. The molecule has 1 aromatic heterocycles. The van der Waals surface area contributed by atoms with Gasteiger partial charge in [0.15, 0.2) is 0 Å². The average molecular weight is 379 g/mol. The van der Waals surface area contributed by atoms with E-state index in [1.807, 2.05) is 62.4 Å². The average Bonchev–Trinajstić information content (AvgIpc) is 3.31. The van der Waals surface area contributed by atoms with Gasteiger partial charge >= 0.3 is 0 Å². The summed E-state index contributed by atoms with van der Waals surface area (Å²) in [4.78, 5) is 30.6. The molecular formula is C21H21N3O2S. The Hall–Kier alpha value is -2.73. The summed E-state index contributed by atoms with van der Waals surface area (Å²) >= 11 is 1.60. The van der Waals surface area contributed by atoms with Crippen molar-refractivity contribution < 1.29 is 9.59 Å². The number of carbonyl (C=O) groups is 2. The van der Waals surface area contributed by atoms with E-state index in [1.165, 1.54) is 5.56 Å². The van der Waals surface area contributed by atoms with Crippen LogP contribution >= 0.6 is 11.8 Å². The quantitative estimate of drug-likeness (QED) is 0.724. The second-order valence-corrected chi connectivity index (χ2v) is 7.85. The number of carbonyl (C=O) groups excluding carboxylic acids is 2. The summed E-state index contributed by atoms with van der Waals surface area (Å²) in [7, 11) is 0. The van der Waals surface area contributed by atoms with Gasteiger partial charge in [-0.1, -0.05) is 24.3 Å². The third-order valence-electron chi connectivity index (χ3n) is 4.98. The number of hydrogen-bond donors (Lipinski definition) is 2. The summed E-state index contributed by atoms with van der Waals surface area (Å²) in [5, 5.41) is 3.95. The van der Waals surface area contributed by atoms with Crippen molar-refractivity contribution in [1.82, 2.24) is 9.88 Å². The normalized spacial score (nSPS) is 16.7.